The van der Waals surface area contributed by atoms with Crippen LogP contribution in [0.3, 0.4) is 0 Å². The van der Waals surface area contributed by atoms with Gasteiger partial charge >= 0.3 is 0 Å². The lowest BCUT2D eigenvalue weighted by molar-refractivity contribution is 0.161. The molecule has 0 bridgehead atoms. The number of halogens is 2. The second-order valence-electron chi connectivity index (χ2n) is 4.03. The molecule has 2 heterocycles. The summed E-state index contributed by atoms with van der Waals surface area (Å²) in [7, 11) is 0. The van der Waals surface area contributed by atoms with E-state index in [9.17, 15) is 5.11 Å². The van der Waals surface area contributed by atoms with Gasteiger partial charge in [0.2, 0.25) is 0 Å². The van der Waals surface area contributed by atoms with Crippen LogP contribution in [0.5, 0.6) is 0 Å². The number of hydrogen-bond donors (Lipinski definition) is 1. The molecule has 1 aliphatic heterocycles. The van der Waals surface area contributed by atoms with Crippen molar-refractivity contribution in [2.24, 2.45) is 0 Å². The Morgan fingerprint density at radius 3 is 2.88 bits per heavy atom. The SMILES string of the molecule is OC1CCCN(c2ncc(Cl)cc2Cl)CC1. The quantitative estimate of drug-likeness (QED) is 0.844. The maximum atomic E-state index is 9.57. The fraction of sp³-hybridized carbons (Fsp3) is 0.545. The molecule has 1 aromatic heterocycles. The van der Waals surface area contributed by atoms with Crippen LogP contribution in [-0.2, 0) is 0 Å². The second kappa shape index (κ2) is 5.21. The van der Waals surface area contributed by atoms with Crippen LogP contribution in [0.15, 0.2) is 12.3 Å². The van der Waals surface area contributed by atoms with Crippen LogP contribution in [0, 0.1) is 0 Å². The van der Waals surface area contributed by atoms with Gasteiger partial charge in [-0.25, -0.2) is 4.98 Å². The molecule has 1 unspecified atom stereocenters. The molecule has 0 radical (unpaired) electrons. The lowest BCUT2D eigenvalue weighted by Gasteiger charge is -2.22. The van der Waals surface area contributed by atoms with E-state index in [-0.39, 0.29) is 6.10 Å². The largest absolute Gasteiger partial charge is 0.393 e. The van der Waals surface area contributed by atoms with Crippen molar-refractivity contribution in [2.45, 2.75) is 25.4 Å². The standard InChI is InChI=1S/C11H14Cl2N2O/c12-8-6-10(13)11(14-7-8)15-4-1-2-9(16)3-5-15/h6-7,9,16H,1-5H2. The highest BCUT2D eigenvalue weighted by Crippen LogP contribution is 2.27. The van der Waals surface area contributed by atoms with Gasteiger partial charge in [0.25, 0.3) is 0 Å². The Kier molecular flexibility index (Phi) is 3.90. The van der Waals surface area contributed by atoms with Gasteiger partial charge < -0.3 is 10.0 Å². The minimum absolute atomic E-state index is 0.198. The summed E-state index contributed by atoms with van der Waals surface area (Å²) in [6, 6.07) is 1.70. The van der Waals surface area contributed by atoms with Crippen molar-refractivity contribution in [2.75, 3.05) is 18.0 Å². The molecule has 1 saturated heterocycles. The average molecular weight is 261 g/mol. The monoisotopic (exact) mass is 260 g/mol. The molecule has 0 aliphatic carbocycles. The van der Waals surface area contributed by atoms with Crippen molar-refractivity contribution in [3.8, 4) is 0 Å². The number of anilines is 1. The highest BCUT2D eigenvalue weighted by atomic mass is 35.5. The molecule has 1 atom stereocenters. The van der Waals surface area contributed by atoms with Crippen molar-refractivity contribution in [3.05, 3.63) is 22.3 Å². The molecule has 1 aliphatic rings. The van der Waals surface area contributed by atoms with Crippen LogP contribution in [0.1, 0.15) is 19.3 Å². The molecule has 1 fully saturated rings. The highest BCUT2D eigenvalue weighted by Gasteiger charge is 2.18. The van der Waals surface area contributed by atoms with Crippen LogP contribution < -0.4 is 4.90 Å². The zero-order valence-corrected chi connectivity index (χ0v) is 10.4. The minimum Gasteiger partial charge on any atom is -0.393 e. The smallest absolute Gasteiger partial charge is 0.147 e. The Morgan fingerprint density at radius 2 is 2.12 bits per heavy atom. The fourth-order valence-electron chi connectivity index (χ4n) is 1.93. The number of pyridine rings is 1. The summed E-state index contributed by atoms with van der Waals surface area (Å²) in [6.07, 6.45) is 3.98. The van der Waals surface area contributed by atoms with Crippen molar-refractivity contribution < 1.29 is 5.11 Å². The Labute approximate surface area is 105 Å². The van der Waals surface area contributed by atoms with E-state index in [1.165, 1.54) is 0 Å². The van der Waals surface area contributed by atoms with Gasteiger partial charge in [-0.1, -0.05) is 23.2 Å². The van der Waals surface area contributed by atoms with Gasteiger partial charge in [0.15, 0.2) is 0 Å². The Balaban J connectivity index is 2.16. The summed E-state index contributed by atoms with van der Waals surface area (Å²) in [6.45, 7) is 1.67. The van der Waals surface area contributed by atoms with E-state index >= 15 is 0 Å². The lowest BCUT2D eigenvalue weighted by Crippen LogP contribution is -2.25. The summed E-state index contributed by atoms with van der Waals surface area (Å²) in [5.41, 5.74) is 0. The number of aromatic nitrogens is 1. The van der Waals surface area contributed by atoms with Crippen molar-refractivity contribution in [1.82, 2.24) is 4.98 Å². The van der Waals surface area contributed by atoms with E-state index in [4.69, 9.17) is 23.2 Å². The third-order valence-electron chi connectivity index (χ3n) is 2.79. The molecule has 88 valence electrons. The van der Waals surface area contributed by atoms with Gasteiger partial charge in [0.05, 0.1) is 16.1 Å². The van der Waals surface area contributed by atoms with Crippen molar-refractivity contribution in [3.63, 3.8) is 0 Å². The van der Waals surface area contributed by atoms with Crippen LogP contribution in [0.2, 0.25) is 10.0 Å². The normalized spacial score (nSPS) is 21.9. The minimum atomic E-state index is -0.198. The number of rotatable bonds is 1. The van der Waals surface area contributed by atoms with Gasteiger partial charge in [-0.15, -0.1) is 0 Å². The van der Waals surface area contributed by atoms with E-state index < -0.39 is 0 Å². The molecule has 5 heteroatoms. The van der Waals surface area contributed by atoms with Crippen LogP contribution >= 0.6 is 23.2 Å². The molecule has 0 spiro atoms. The second-order valence-corrected chi connectivity index (χ2v) is 4.87. The zero-order valence-electron chi connectivity index (χ0n) is 8.87. The average Bonchev–Trinajstić information content (AvgIpc) is 2.43. The Bertz CT molecular complexity index is 373. The first-order chi connectivity index (χ1) is 7.66. The van der Waals surface area contributed by atoms with Crippen LogP contribution in [-0.4, -0.2) is 29.3 Å². The summed E-state index contributed by atoms with van der Waals surface area (Å²) in [5.74, 6) is 0.764. The van der Waals surface area contributed by atoms with Crippen LogP contribution in [0.4, 0.5) is 5.82 Å². The third kappa shape index (κ3) is 2.78. The number of aliphatic hydroxyl groups is 1. The molecule has 0 aromatic carbocycles. The highest BCUT2D eigenvalue weighted by molar-refractivity contribution is 6.36. The third-order valence-corrected chi connectivity index (χ3v) is 3.27. The zero-order chi connectivity index (χ0) is 11.5. The predicted molar refractivity (Wildman–Crippen MR) is 66.3 cm³/mol. The van der Waals surface area contributed by atoms with Gasteiger partial charge in [-0.3, -0.25) is 0 Å². The van der Waals surface area contributed by atoms with Gasteiger partial charge in [-0.2, -0.15) is 0 Å². The van der Waals surface area contributed by atoms with E-state index in [0.717, 1.165) is 38.2 Å². The molecular weight excluding hydrogens is 247 g/mol. The topological polar surface area (TPSA) is 36.4 Å². The van der Waals surface area contributed by atoms with E-state index in [1.807, 2.05) is 0 Å². The number of nitrogens with zero attached hydrogens (tertiary/aromatic N) is 2. The molecule has 2 rings (SSSR count). The van der Waals surface area contributed by atoms with Crippen molar-refractivity contribution in [1.29, 1.82) is 0 Å². The Morgan fingerprint density at radius 1 is 1.31 bits per heavy atom. The maximum Gasteiger partial charge on any atom is 0.147 e. The van der Waals surface area contributed by atoms with Crippen LogP contribution in [0.25, 0.3) is 0 Å². The first-order valence-corrected chi connectivity index (χ1v) is 6.16. The van der Waals surface area contributed by atoms with Gasteiger partial charge in [0.1, 0.15) is 5.82 Å². The lowest BCUT2D eigenvalue weighted by atomic mass is 10.2. The first-order valence-electron chi connectivity index (χ1n) is 5.41. The number of aliphatic hydroxyl groups excluding tert-OH is 1. The molecular formula is C11H14Cl2N2O. The summed E-state index contributed by atoms with van der Waals surface area (Å²) in [5, 5.41) is 10.7. The first kappa shape index (κ1) is 12.0. The van der Waals surface area contributed by atoms with Crippen molar-refractivity contribution >= 4 is 29.0 Å². The van der Waals surface area contributed by atoms with Gasteiger partial charge in [0, 0.05) is 19.3 Å². The molecule has 16 heavy (non-hydrogen) atoms. The molecule has 3 nitrogen and oxygen atoms in total. The maximum absolute atomic E-state index is 9.57. The van der Waals surface area contributed by atoms with E-state index in [1.54, 1.807) is 12.3 Å². The van der Waals surface area contributed by atoms with Gasteiger partial charge in [-0.05, 0) is 25.3 Å². The predicted octanol–water partition coefficient (Wildman–Crippen LogP) is 2.74. The summed E-state index contributed by atoms with van der Waals surface area (Å²) < 4.78 is 0. The molecule has 0 saturated carbocycles. The Hall–Kier alpha value is -0.510. The number of hydrogen-bond acceptors (Lipinski definition) is 3. The van der Waals surface area contributed by atoms with E-state index in [2.05, 4.69) is 9.88 Å². The summed E-state index contributed by atoms with van der Waals surface area (Å²) in [4.78, 5) is 6.35. The fourth-order valence-corrected chi connectivity index (χ4v) is 2.43. The molecule has 1 N–H and O–H groups in total. The summed E-state index contributed by atoms with van der Waals surface area (Å²) >= 11 is 11.9. The molecule has 1 aromatic rings. The molecule has 0 amide bonds. The van der Waals surface area contributed by atoms with E-state index in [0.29, 0.717) is 10.0 Å².